The summed E-state index contributed by atoms with van der Waals surface area (Å²) in [7, 11) is 0. The summed E-state index contributed by atoms with van der Waals surface area (Å²) in [6.45, 7) is 13.5. The normalized spacial score (nSPS) is 11.0. The molecule has 150 valence electrons. The van der Waals surface area contributed by atoms with Crippen molar-refractivity contribution in [2.45, 2.75) is 47.6 Å². The molecule has 3 rings (SSSR count). The van der Waals surface area contributed by atoms with Gasteiger partial charge in [-0.3, -0.25) is 4.68 Å². The first-order valence-electron chi connectivity index (χ1n) is 9.92. The number of anilines is 2. The van der Waals surface area contributed by atoms with Crippen molar-refractivity contribution in [3.8, 4) is 17.2 Å². The number of aryl methyl sites for hydroxylation is 2. The van der Waals surface area contributed by atoms with Crippen molar-refractivity contribution in [1.82, 2.24) is 9.78 Å². The van der Waals surface area contributed by atoms with Crippen LogP contribution in [0.1, 0.15) is 49.3 Å². The van der Waals surface area contributed by atoms with Gasteiger partial charge in [0.2, 0.25) is 0 Å². The number of hydrogen-bond acceptors (Lipinski definition) is 3. The molecule has 1 aromatic heterocycles. The predicted molar refractivity (Wildman–Crippen MR) is 121 cm³/mol. The summed E-state index contributed by atoms with van der Waals surface area (Å²) < 4.78 is 2.09. The summed E-state index contributed by atoms with van der Waals surface area (Å²) in [5, 5.41) is 14.4. The maximum atomic E-state index is 9.17. The molecule has 0 aliphatic rings. The molecule has 0 aliphatic carbocycles. The molecule has 0 saturated carbocycles. The first-order valence-corrected chi connectivity index (χ1v) is 10.3. The van der Waals surface area contributed by atoms with Crippen LogP contribution in [0.25, 0.3) is 11.1 Å². The van der Waals surface area contributed by atoms with Gasteiger partial charge in [-0.05, 0) is 76.9 Å². The fourth-order valence-electron chi connectivity index (χ4n) is 3.89. The molecule has 0 bridgehead atoms. The van der Waals surface area contributed by atoms with E-state index in [1.165, 1.54) is 16.8 Å². The molecule has 1 heterocycles. The zero-order valence-corrected chi connectivity index (χ0v) is 18.7. The van der Waals surface area contributed by atoms with Crippen LogP contribution >= 0.6 is 11.6 Å². The molecule has 4 nitrogen and oxygen atoms in total. The number of rotatable bonds is 5. The van der Waals surface area contributed by atoms with E-state index in [4.69, 9.17) is 22.0 Å². The van der Waals surface area contributed by atoms with Gasteiger partial charge in [-0.25, -0.2) is 0 Å². The molecule has 2 aromatic carbocycles. The van der Waals surface area contributed by atoms with Crippen LogP contribution in [-0.2, 0) is 0 Å². The van der Waals surface area contributed by atoms with Crippen molar-refractivity contribution in [3.05, 3.63) is 63.9 Å². The monoisotopic (exact) mass is 406 g/mol. The molecular weight excluding hydrogens is 380 g/mol. The van der Waals surface area contributed by atoms with Gasteiger partial charge in [0.1, 0.15) is 6.07 Å². The summed E-state index contributed by atoms with van der Waals surface area (Å²) in [5.74, 6) is 0. The lowest BCUT2D eigenvalue weighted by atomic mass is 10.00. The smallest absolute Gasteiger partial charge is 0.101 e. The highest BCUT2D eigenvalue weighted by atomic mass is 35.5. The molecule has 0 amide bonds. The van der Waals surface area contributed by atoms with E-state index in [-0.39, 0.29) is 0 Å². The Labute approximate surface area is 178 Å². The summed E-state index contributed by atoms with van der Waals surface area (Å²) in [6, 6.07) is 14.6. The number of aromatic nitrogens is 2. The van der Waals surface area contributed by atoms with Crippen molar-refractivity contribution in [3.63, 3.8) is 0 Å². The minimum Gasteiger partial charge on any atom is -0.341 e. The molecule has 0 atom stereocenters. The van der Waals surface area contributed by atoms with E-state index in [0.717, 1.165) is 29.2 Å². The van der Waals surface area contributed by atoms with Crippen molar-refractivity contribution in [2.75, 3.05) is 11.4 Å². The van der Waals surface area contributed by atoms with Crippen molar-refractivity contribution < 1.29 is 0 Å². The Bertz CT molecular complexity index is 1090. The zero-order valence-electron chi connectivity index (χ0n) is 17.9. The minimum absolute atomic E-state index is 0.320. The third kappa shape index (κ3) is 3.88. The van der Waals surface area contributed by atoms with Crippen LogP contribution in [-0.4, -0.2) is 16.3 Å². The Morgan fingerprint density at radius 2 is 1.86 bits per heavy atom. The molecule has 0 aliphatic heterocycles. The quantitative estimate of drug-likeness (QED) is 0.471. The number of nitriles is 1. The highest BCUT2D eigenvalue weighted by Crippen LogP contribution is 2.36. The Morgan fingerprint density at radius 3 is 2.41 bits per heavy atom. The Morgan fingerprint density at radius 1 is 1.14 bits per heavy atom. The van der Waals surface area contributed by atoms with E-state index < -0.39 is 0 Å². The van der Waals surface area contributed by atoms with Gasteiger partial charge in [0.15, 0.2) is 0 Å². The largest absolute Gasteiger partial charge is 0.341 e. The van der Waals surface area contributed by atoms with Crippen LogP contribution in [0, 0.1) is 32.1 Å². The lowest BCUT2D eigenvalue weighted by Gasteiger charge is -2.26. The zero-order chi connectivity index (χ0) is 21.3. The predicted octanol–water partition coefficient (Wildman–Crippen LogP) is 6.74. The number of halogens is 1. The maximum Gasteiger partial charge on any atom is 0.101 e. The van der Waals surface area contributed by atoms with E-state index in [9.17, 15) is 0 Å². The SMILES string of the molecule is CCN(c1ccc(C#N)c(Cl)c1)c1cc(-c2c(C)nn(C(C)C)c2C)ccc1C. The number of benzene rings is 2. The molecule has 0 spiro atoms. The Kier molecular flexibility index (Phi) is 6.00. The standard InChI is InChI=1S/C24H27ClN4/c1-7-28(21-11-10-20(14-26)22(25)13-21)23-12-19(9-8-16(23)4)24-17(5)27-29(15(2)3)18(24)6/h8-13,15H,7H2,1-6H3. The van der Waals surface area contributed by atoms with E-state index in [1.54, 1.807) is 6.07 Å². The molecule has 0 radical (unpaired) electrons. The lowest BCUT2D eigenvalue weighted by molar-refractivity contribution is 0.516. The van der Waals surface area contributed by atoms with E-state index in [1.807, 2.05) is 12.1 Å². The molecule has 3 aromatic rings. The van der Waals surface area contributed by atoms with Gasteiger partial charge in [0, 0.05) is 35.2 Å². The molecule has 0 saturated heterocycles. The first-order chi connectivity index (χ1) is 13.8. The van der Waals surface area contributed by atoms with Gasteiger partial charge in [0.05, 0.1) is 16.3 Å². The third-order valence-corrected chi connectivity index (χ3v) is 5.62. The minimum atomic E-state index is 0.320. The fraction of sp³-hybridized carbons (Fsp3) is 0.333. The van der Waals surface area contributed by atoms with Crippen molar-refractivity contribution in [1.29, 1.82) is 5.26 Å². The summed E-state index contributed by atoms with van der Waals surface area (Å²) in [4.78, 5) is 2.23. The fourth-order valence-corrected chi connectivity index (χ4v) is 4.11. The van der Waals surface area contributed by atoms with Crippen LogP contribution in [0.15, 0.2) is 36.4 Å². The lowest BCUT2D eigenvalue weighted by Crippen LogP contribution is -2.17. The molecule has 0 unspecified atom stereocenters. The molecule has 0 fully saturated rings. The van der Waals surface area contributed by atoms with Gasteiger partial charge in [-0.1, -0.05) is 23.7 Å². The highest BCUT2D eigenvalue weighted by molar-refractivity contribution is 6.32. The van der Waals surface area contributed by atoms with Crippen molar-refractivity contribution >= 4 is 23.0 Å². The third-order valence-electron chi connectivity index (χ3n) is 5.30. The molecule has 29 heavy (non-hydrogen) atoms. The molecule has 5 heteroatoms. The van der Waals surface area contributed by atoms with Gasteiger partial charge >= 0.3 is 0 Å². The van der Waals surface area contributed by atoms with Crippen LogP contribution < -0.4 is 4.90 Å². The van der Waals surface area contributed by atoms with Crippen molar-refractivity contribution in [2.24, 2.45) is 0 Å². The van der Waals surface area contributed by atoms with E-state index in [0.29, 0.717) is 16.6 Å². The maximum absolute atomic E-state index is 9.17. The van der Waals surface area contributed by atoms with Crippen LogP contribution in [0.3, 0.4) is 0 Å². The average molecular weight is 407 g/mol. The van der Waals surface area contributed by atoms with E-state index in [2.05, 4.69) is 75.4 Å². The van der Waals surface area contributed by atoms with Gasteiger partial charge < -0.3 is 4.90 Å². The van der Waals surface area contributed by atoms with Crippen LogP contribution in [0.2, 0.25) is 5.02 Å². The summed E-state index contributed by atoms with van der Waals surface area (Å²) in [5.41, 5.74) is 8.34. The van der Waals surface area contributed by atoms with Crippen LogP contribution in [0.4, 0.5) is 11.4 Å². The average Bonchev–Trinajstić information content (AvgIpc) is 2.98. The molecular formula is C24H27ClN4. The van der Waals surface area contributed by atoms with Gasteiger partial charge in [-0.2, -0.15) is 10.4 Å². The van der Waals surface area contributed by atoms with Gasteiger partial charge in [-0.15, -0.1) is 0 Å². The summed E-state index contributed by atoms with van der Waals surface area (Å²) in [6.07, 6.45) is 0. The van der Waals surface area contributed by atoms with Crippen LogP contribution in [0.5, 0.6) is 0 Å². The summed E-state index contributed by atoms with van der Waals surface area (Å²) >= 11 is 6.30. The number of nitrogens with zero attached hydrogens (tertiary/aromatic N) is 4. The Balaban J connectivity index is 2.12. The van der Waals surface area contributed by atoms with Gasteiger partial charge in [0.25, 0.3) is 0 Å². The second kappa shape index (κ2) is 8.31. The highest BCUT2D eigenvalue weighted by Gasteiger charge is 2.18. The second-order valence-electron chi connectivity index (χ2n) is 7.61. The first kappa shape index (κ1) is 21.0. The second-order valence-corrected chi connectivity index (χ2v) is 8.01. The Hall–Kier alpha value is -2.77. The molecule has 0 N–H and O–H groups in total. The van der Waals surface area contributed by atoms with E-state index >= 15 is 0 Å². The number of hydrogen-bond donors (Lipinski definition) is 0. The topological polar surface area (TPSA) is 44.9 Å².